The molecular formula is C7H11N4O3+. The Kier molecular flexibility index (Phi) is 2.93. The molecular weight excluding hydrogens is 188 g/mol. The summed E-state index contributed by atoms with van der Waals surface area (Å²) in [5, 5.41) is 12.3. The molecule has 0 aromatic heterocycles. The molecule has 0 spiro atoms. The van der Waals surface area contributed by atoms with Crippen LogP contribution >= 0.6 is 0 Å². The molecule has 2 N–H and O–H groups in total. The maximum absolute atomic E-state index is 11.1. The lowest BCUT2D eigenvalue weighted by molar-refractivity contribution is -0.147. The second-order valence-corrected chi connectivity index (χ2v) is 3.07. The maximum atomic E-state index is 11.1. The molecule has 0 bridgehead atoms. The molecule has 1 heterocycles. The van der Waals surface area contributed by atoms with E-state index in [9.17, 15) is 9.59 Å². The van der Waals surface area contributed by atoms with E-state index in [1.807, 2.05) is 0 Å². The molecule has 0 aliphatic carbocycles. The number of carboxylic acids is 1. The van der Waals surface area contributed by atoms with Crippen LogP contribution in [0.3, 0.4) is 0 Å². The van der Waals surface area contributed by atoms with Gasteiger partial charge in [0.2, 0.25) is 10.8 Å². The SMILES string of the molecule is CC(=O)N1CC[C@@H](N=[N+]=N)[C@H]1C(=O)O. The van der Waals surface area contributed by atoms with E-state index in [0.29, 0.717) is 13.0 Å². The maximum Gasteiger partial charge on any atom is 0.328 e. The Balaban J connectivity index is 2.90. The number of carboxylic acid groups (broad SMARTS) is 1. The van der Waals surface area contributed by atoms with Crippen LogP contribution in [-0.4, -0.2) is 40.5 Å². The van der Waals surface area contributed by atoms with Gasteiger partial charge in [0.15, 0.2) is 12.1 Å². The Hall–Kier alpha value is -1.75. The molecule has 7 nitrogen and oxygen atoms in total. The van der Waals surface area contributed by atoms with Crippen molar-refractivity contribution in [3.05, 3.63) is 0 Å². The normalized spacial score (nSPS) is 25.6. The molecule has 1 amide bonds. The number of carbonyl (C=O) groups excluding carboxylic acids is 1. The summed E-state index contributed by atoms with van der Waals surface area (Å²) in [6.45, 7) is 1.67. The average molecular weight is 199 g/mol. The predicted octanol–water partition coefficient (Wildman–Crippen LogP) is -0.389. The smallest absolute Gasteiger partial charge is 0.328 e. The highest BCUT2D eigenvalue weighted by atomic mass is 16.4. The summed E-state index contributed by atoms with van der Waals surface area (Å²) in [6.07, 6.45) is 0.443. The van der Waals surface area contributed by atoms with E-state index in [0.717, 1.165) is 0 Å². The van der Waals surface area contributed by atoms with Crippen LogP contribution in [0.2, 0.25) is 0 Å². The highest BCUT2D eigenvalue weighted by Gasteiger charge is 2.43. The van der Waals surface area contributed by atoms with Crippen molar-refractivity contribution in [2.75, 3.05) is 6.54 Å². The van der Waals surface area contributed by atoms with Crippen LogP contribution in [-0.2, 0) is 9.59 Å². The Morgan fingerprint density at radius 1 is 1.64 bits per heavy atom. The third-order valence-corrected chi connectivity index (χ3v) is 2.23. The molecule has 0 unspecified atom stereocenters. The highest BCUT2D eigenvalue weighted by Crippen LogP contribution is 2.20. The fourth-order valence-corrected chi connectivity index (χ4v) is 1.62. The summed E-state index contributed by atoms with van der Waals surface area (Å²) in [7, 11) is 0. The van der Waals surface area contributed by atoms with Crippen LogP contribution in [0.1, 0.15) is 13.3 Å². The number of hydrogen-bond donors (Lipinski definition) is 2. The summed E-state index contributed by atoms with van der Waals surface area (Å²) < 4.78 is 0. The quantitative estimate of drug-likeness (QED) is 0.467. The Morgan fingerprint density at radius 3 is 2.71 bits per heavy atom. The fraction of sp³-hybridized carbons (Fsp3) is 0.714. The van der Waals surface area contributed by atoms with Crippen molar-refractivity contribution in [2.45, 2.75) is 25.4 Å². The zero-order chi connectivity index (χ0) is 10.7. The molecule has 2 atom stereocenters. The first-order valence-corrected chi connectivity index (χ1v) is 4.14. The molecule has 0 radical (unpaired) electrons. The molecule has 1 fully saturated rings. The summed E-state index contributed by atoms with van der Waals surface area (Å²) in [6, 6.07) is -1.56. The highest BCUT2D eigenvalue weighted by molar-refractivity contribution is 5.83. The summed E-state index contributed by atoms with van der Waals surface area (Å²) in [5.41, 5.74) is 6.53. The van der Waals surface area contributed by atoms with Gasteiger partial charge in [0.05, 0.1) is 0 Å². The van der Waals surface area contributed by atoms with Gasteiger partial charge < -0.3 is 10.0 Å². The Bertz CT molecular complexity index is 300. The number of rotatable bonds is 2. The second kappa shape index (κ2) is 3.97. The zero-order valence-corrected chi connectivity index (χ0v) is 7.67. The lowest BCUT2D eigenvalue weighted by atomic mass is 10.1. The topological polar surface area (TPSA) is 108 Å². The fourth-order valence-electron chi connectivity index (χ4n) is 1.62. The number of amides is 1. The number of nitrogens with zero attached hydrogens (tertiary/aromatic N) is 3. The van der Waals surface area contributed by atoms with E-state index in [4.69, 9.17) is 10.6 Å². The third-order valence-electron chi connectivity index (χ3n) is 2.23. The predicted molar refractivity (Wildman–Crippen MR) is 44.5 cm³/mol. The van der Waals surface area contributed by atoms with Crippen molar-refractivity contribution in [1.29, 1.82) is 5.53 Å². The van der Waals surface area contributed by atoms with Gasteiger partial charge in [0.25, 0.3) is 0 Å². The number of carbonyl (C=O) groups is 2. The van der Waals surface area contributed by atoms with Crippen molar-refractivity contribution < 1.29 is 14.7 Å². The molecule has 14 heavy (non-hydrogen) atoms. The summed E-state index contributed by atoms with van der Waals surface area (Å²) >= 11 is 0. The number of hydrogen-bond acceptors (Lipinski definition) is 4. The van der Waals surface area contributed by atoms with Crippen LogP contribution in [0.25, 0.3) is 0 Å². The Morgan fingerprint density at radius 2 is 2.29 bits per heavy atom. The number of likely N-dealkylation sites (tertiary alicyclic amines) is 1. The minimum absolute atomic E-state index is 0.292. The van der Waals surface area contributed by atoms with Crippen LogP contribution in [0, 0.1) is 5.53 Å². The van der Waals surface area contributed by atoms with E-state index in [-0.39, 0.29) is 5.91 Å². The minimum atomic E-state index is -1.10. The van der Waals surface area contributed by atoms with Crippen molar-refractivity contribution in [3.63, 3.8) is 0 Å². The van der Waals surface area contributed by atoms with E-state index in [1.165, 1.54) is 11.8 Å². The standard InChI is InChI=1S/C7H10N4O3/c1-4(12)11-3-2-5(9-10-8)6(11)7(13)14/h5-6,8H,2-3H2,1H3/p+1/t5-,6+/m1/s1. The van der Waals surface area contributed by atoms with Gasteiger partial charge in [-0.05, 0) is 6.42 Å². The lowest BCUT2D eigenvalue weighted by Gasteiger charge is -2.19. The molecule has 7 heteroatoms. The first kappa shape index (κ1) is 10.3. The number of aliphatic carboxylic acids is 1. The summed E-state index contributed by atoms with van der Waals surface area (Å²) in [4.78, 5) is 26.0. The van der Waals surface area contributed by atoms with Gasteiger partial charge in [-0.15, -0.1) is 0 Å². The molecule has 1 aliphatic heterocycles. The summed E-state index contributed by atoms with van der Waals surface area (Å²) in [5.74, 6) is -1.39. The van der Waals surface area contributed by atoms with E-state index >= 15 is 0 Å². The molecule has 1 rings (SSSR count). The van der Waals surface area contributed by atoms with Crippen LogP contribution < -0.4 is 4.91 Å². The van der Waals surface area contributed by atoms with Crippen molar-refractivity contribution in [2.24, 2.45) is 5.11 Å². The first-order chi connectivity index (χ1) is 6.57. The van der Waals surface area contributed by atoms with Crippen LogP contribution in [0.5, 0.6) is 0 Å². The first-order valence-electron chi connectivity index (χ1n) is 4.14. The molecule has 76 valence electrons. The molecule has 0 aromatic rings. The van der Waals surface area contributed by atoms with Gasteiger partial charge in [-0.1, -0.05) is 0 Å². The van der Waals surface area contributed by atoms with Crippen molar-refractivity contribution in [3.8, 4) is 0 Å². The van der Waals surface area contributed by atoms with Gasteiger partial charge in [-0.3, -0.25) is 4.79 Å². The minimum Gasteiger partial charge on any atom is -0.480 e. The second-order valence-electron chi connectivity index (χ2n) is 3.07. The zero-order valence-electron chi connectivity index (χ0n) is 7.67. The van der Waals surface area contributed by atoms with Gasteiger partial charge in [0.1, 0.15) is 10.6 Å². The van der Waals surface area contributed by atoms with E-state index < -0.39 is 18.1 Å². The Labute approximate surface area is 79.9 Å². The number of nitrogens with one attached hydrogen (secondary N) is 1. The van der Waals surface area contributed by atoms with Crippen molar-refractivity contribution >= 4 is 11.9 Å². The van der Waals surface area contributed by atoms with Crippen LogP contribution in [0.15, 0.2) is 5.11 Å². The molecule has 1 aliphatic rings. The van der Waals surface area contributed by atoms with Gasteiger partial charge in [0, 0.05) is 13.5 Å². The lowest BCUT2D eigenvalue weighted by Crippen LogP contribution is -2.43. The largest absolute Gasteiger partial charge is 0.480 e. The average Bonchev–Trinajstić information content (AvgIpc) is 2.48. The van der Waals surface area contributed by atoms with Gasteiger partial charge in [-0.2, -0.15) is 0 Å². The third kappa shape index (κ3) is 1.77. The van der Waals surface area contributed by atoms with Gasteiger partial charge in [-0.25, -0.2) is 4.79 Å². The molecule has 0 saturated carbocycles. The molecule has 0 aromatic carbocycles. The van der Waals surface area contributed by atoms with Crippen molar-refractivity contribution in [1.82, 2.24) is 9.81 Å². The van der Waals surface area contributed by atoms with E-state index in [2.05, 4.69) is 10.0 Å². The molecule has 1 saturated heterocycles. The monoisotopic (exact) mass is 199 g/mol. The van der Waals surface area contributed by atoms with Crippen LogP contribution in [0.4, 0.5) is 0 Å². The van der Waals surface area contributed by atoms with E-state index in [1.54, 1.807) is 0 Å². The van der Waals surface area contributed by atoms with Gasteiger partial charge >= 0.3 is 5.97 Å².